The third-order valence-corrected chi connectivity index (χ3v) is 5.23. The Morgan fingerprint density at radius 2 is 1.96 bits per heavy atom. The third-order valence-electron chi connectivity index (χ3n) is 5.23. The summed E-state index contributed by atoms with van der Waals surface area (Å²) in [5.74, 6) is 0.626. The van der Waals surface area contributed by atoms with E-state index in [1.54, 1.807) is 0 Å². The maximum atomic E-state index is 13.4. The molecule has 0 aliphatic heterocycles. The van der Waals surface area contributed by atoms with E-state index in [1.807, 2.05) is 16.8 Å². The predicted octanol–water partition coefficient (Wildman–Crippen LogP) is 2.96. The highest BCUT2D eigenvalue weighted by Crippen LogP contribution is 2.67. The summed E-state index contributed by atoms with van der Waals surface area (Å²) in [4.78, 5) is 16.0. The Hall–Kier alpha value is -2.24. The molecule has 1 aromatic heterocycles. The van der Waals surface area contributed by atoms with Crippen LogP contribution in [-0.2, 0) is 23.2 Å². The normalized spacial score (nSPS) is 21.3. The van der Waals surface area contributed by atoms with Crippen molar-refractivity contribution >= 4 is 5.91 Å². The lowest BCUT2D eigenvalue weighted by atomic mass is 9.87. The molecule has 2 N–H and O–H groups in total. The number of hydrogen-bond acceptors (Lipinski definition) is 3. The van der Waals surface area contributed by atoms with Gasteiger partial charge in [-0.05, 0) is 36.0 Å². The molecular formula is C19H25FN4O. The summed E-state index contributed by atoms with van der Waals surface area (Å²) >= 11 is 0. The number of amides is 1. The van der Waals surface area contributed by atoms with Gasteiger partial charge in [0.05, 0.1) is 11.8 Å². The fourth-order valence-electron chi connectivity index (χ4n) is 3.76. The molecule has 5 nitrogen and oxygen atoms in total. The van der Waals surface area contributed by atoms with Crippen LogP contribution in [0.4, 0.5) is 4.39 Å². The number of nitrogens with zero attached hydrogens (tertiary/aromatic N) is 3. The molecule has 1 aliphatic rings. The van der Waals surface area contributed by atoms with Crippen LogP contribution in [0.3, 0.4) is 0 Å². The lowest BCUT2D eigenvalue weighted by molar-refractivity contribution is -0.117. The highest BCUT2D eigenvalue weighted by molar-refractivity contribution is 5.75. The lowest BCUT2D eigenvalue weighted by Crippen LogP contribution is -2.23. The molecule has 0 radical (unpaired) electrons. The van der Waals surface area contributed by atoms with E-state index in [2.05, 4.69) is 30.9 Å². The van der Waals surface area contributed by atoms with Crippen molar-refractivity contribution in [3.8, 4) is 0 Å². The van der Waals surface area contributed by atoms with Crippen molar-refractivity contribution in [1.29, 1.82) is 0 Å². The molecule has 1 saturated carbocycles. The van der Waals surface area contributed by atoms with Gasteiger partial charge in [0.25, 0.3) is 0 Å². The summed E-state index contributed by atoms with van der Waals surface area (Å²) in [6.45, 7) is 7.24. The van der Waals surface area contributed by atoms with E-state index in [0.29, 0.717) is 5.82 Å². The van der Waals surface area contributed by atoms with E-state index in [-0.39, 0.29) is 23.1 Å². The molecule has 1 amide bonds. The Morgan fingerprint density at radius 1 is 1.32 bits per heavy atom. The molecule has 1 unspecified atom stereocenters. The van der Waals surface area contributed by atoms with E-state index in [1.165, 1.54) is 12.1 Å². The molecule has 1 fully saturated rings. The first-order chi connectivity index (χ1) is 11.8. The standard InChI is InChI=1S/C19H25FN4O/c1-4-5-10-24-17(22-16(23-24)11-15(21)25)19(12-18(19,2)3)13-6-8-14(20)9-7-13/h6-9H,4-5,10-12H2,1-3H3,(H2,21,25). The molecule has 134 valence electrons. The Morgan fingerprint density at radius 3 is 2.48 bits per heavy atom. The van der Waals surface area contributed by atoms with Gasteiger partial charge in [0, 0.05) is 6.54 Å². The van der Waals surface area contributed by atoms with Crippen LogP contribution in [0.5, 0.6) is 0 Å². The molecule has 25 heavy (non-hydrogen) atoms. The van der Waals surface area contributed by atoms with Gasteiger partial charge in [-0.15, -0.1) is 0 Å². The summed E-state index contributed by atoms with van der Waals surface area (Å²) in [7, 11) is 0. The van der Waals surface area contributed by atoms with Gasteiger partial charge >= 0.3 is 0 Å². The molecule has 2 aromatic rings. The van der Waals surface area contributed by atoms with Crippen molar-refractivity contribution < 1.29 is 9.18 Å². The SMILES string of the molecule is CCCCn1nc(CC(N)=O)nc1C1(c2ccc(F)cc2)CC1(C)C. The van der Waals surface area contributed by atoms with E-state index in [9.17, 15) is 9.18 Å². The summed E-state index contributed by atoms with van der Waals surface area (Å²) < 4.78 is 15.3. The fourth-order valence-corrected chi connectivity index (χ4v) is 3.76. The topological polar surface area (TPSA) is 73.8 Å². The Labute approximate surface area is 147 Å². The van der Waals surface area contributed by atoms with Crippen molar-refractivity contribution in [3.05, 3.63) is 47.3 Å². The van der Waals surface area contributed by atoms with Gasteiger partial charge < -0.3 is 5.73 Å². The summed E-state index contributed by atoms with van der Waals surface area (Å²) in [6.07, 6.45) is 2.96. The smallest absolute Gasteiger partial charge is 0.225 e. The zero-order chi connectivity index (χ0) is 18.2. The van der Waals surface area contributed by atoms with E-state index in [4.69, 9.17) is 5.73 Å². The number of benzene rings is 1. The van der Waals surface area contributed by atoms with E-state index < -0.39 is 5.91 Å². The van der Waals surface area contributed by atoms with Crippen LogP contribution >= 0.6 is 0 Å². The fraction of sp³-hybridized carbons (Fsp3) is 0.526. The van der Waals surface area contributed by atoms with Gasteiger partial charge in [0.15, 0.2) is 5.82 Å². The van der Waals surface area contributed by atoms with Gasteiger partial charge in [-0.2, -0.15) is 5.10 Å². The summed E-state index contributed by atoms with van der Waals surface area (Å²) in [6, 6.07) is 6.64. The predicted molar refractivity (Wildman–Crippen MR) is 93.4 cm³/mol. The van der Waals surface area contributed by atoms with Gasteiger partial charge in [0.1, 0.15) is 11.6 Å². The first-order valence-corrected chi connectivity index (χ1v) is 8.79. The largest absolute Gasteiger partial charge is 0.369 e. The molecule has 6 heteroatoms. The molecular weight excluding hydrogens is 319 g/mol. The number of primary amides is 1. The molecule has 1 atom stereocenters. The number of aryl methyl sites for hydroxylation is 1. The van der Waals surface area contributed by atoms with E-state index in [0.717, 1.165) is 37.2 Å². The second-order valence-electron chi connectivity index (χ2n) is 7.54. The van der Waals surface area contributed by atoms with Gasteiger partial charge in [-0.1, -0.05) is 39.3 Å². The number of hydrogen-bond donors (Lipinski definition) is 1. The van der Waals surface area contributed by atoms with Crippen molar-refractivity contribution in [1.82, 2.24) is 14.8 Å². The minimum Gasteiger partial charge on any atom is -0.369 e. The molecule has 1 heterocycles. The number of aromatic nitrogens is 3. The summed E-state index contributed by atoms with van der Waals surface area (Å²) in [5.41, 5.74) is 6.04. The van der Waals surface area contributed by atoms with E-state index >= 15 is 0 Å². The monoisotopic (exact) mass is 344 g/mol. The highest BCUT2D eigenvalue weighted by Gasteiger charge is 2.65. The Kier molecular flexibility index (Phi) is 4.39. The van der Waals surface area contributed by atoms with Gasteiger partial charge in [0.2, 0.25) is 5.91 Å². The molecule has 0 saturated heterocycles. The zero-order valence-corrected chi connectivity index (χ0v) is 15.1. The van der Waals surface area contributed by atoms with Crippen LogP contribution in [0.15, 0.2) is 24.3 Å². The molecule has 0 spiro atoms. The van der Waals surface area contributed by atoms with Crippen molar-refractivity contribution in [2.45, 2.75) is 58.4 Å². The molecule has 1 aromatic carbocycles. The average Bonchev–Trinajstić information content (AvgIpc) is 2.92. The number of rotatable bonds is 7. The molecule has 0 bridgehead atoms. The highest BCUT2D eigenvalue weighted by atomic mass is 19.1. The van der Waals surface area contributed by atoms with Crippen molar-refractivity contribution in [2.75, 3.05) is 0 Å². The molecule has 1 aliphatic carbocycles. The maximum Gasteiger partial charge on any atom is 0.225 e. The summed E-state index contributed by atoms with van der Waals surface area (Å²) in [5, 5.41) is 4.53. The average molecular weight is 344 g/mol. The lowest BCUT2D eigenvalue weighted by Gasteiger charge is -2.21. The van der Waals surface area contributed by atoms with Gasteiger partial charge in [-0.3, -0.25) is 4.79 Å². The second-order valence-corrected chi connectivity index (χ2v) is 7.54. The van der Waals surface area contributed by atoms with Crippen LogP contribution in [0, 0.1) is 11.2 Å². The second kappa shape index (κ2) is 6.24. The maximum absolute atomic E-state index is 13.4. The van der Waals surface area contributed by atoms with Crippen LogP contribution in [0.1, 0.15) is 57.2 Å². The number of unbranched alkanes of at least 4 members (excludes halogenated alkanes) is 1. The number of halogens is 1. The quantitative estimate of drug-likeness (QED) is 0.839. The van der Waals surface area contributed by atoms with Crippen molar-refractivity contribution in [3.63, 3.8) is 0 Å². The first kappa shape index (κ1) is 17.6. The number of carbonyl (C=O) groups excluding carboxylic acids is 1. The number of carbonyl (C=O) groups is 1. The van der Waals surface area contributed by atoms with Gasteiger partial charge in [-0.25, -0.2) is 14.1 Å². The Balaban J connectivity index is 2.08. The minimum atomic E-state index is -0.440. The Bertz CT molecular complexity index is 781. The van der Waals surface area contributed by atoms with Crippen molar-refractivity contribution in [2.24, 2.45) is 11.1 Å². The minimum absolute atomic E-state index is 0.00811. The van der Waals surface area contributed by atoms with Crippen LogP contribution in [0.25, 0.3) is 0 Å². The first-order valence-electron chi connectivity index (χ1n) is 8.79. The molecule has 3 rings (SSSR count). The third kappa shape index (κ3) is 3.05. The number of nitrogens with two attached hydrogens (primary N) is 1. The zero-order valence-electron chi connectivity index (χ0n) is 15.1. The van der Waals surface area contributed by atoms with Crippen LogP contribution in [-0.4, -0.2) is 20.7 Å². The van der Waals surface area contributed by atoms with Crippen LogP contribution < -0.4 is 5.73 Å². The van der Waals surface area contributed by atoms with Crippen LogP contribution in [0.2, 0.25) is 0 Å².